The highest BCUT2D eigenvalue weighted by molar-refractivity contribution is 5.85. The van der Waals surface area contributed by atoms with Crippen LogP contribution in [0.2, 0.25) is 0 Å². The molecule has 27 heavy (non-hydrogen) atoms. The van der Waals surface area contributed by atoms with Crippen LogP contribution in [0.5, 0.6) is 0 Å². The molecule has 3 aromatic heterocycles. The zero-order valence-corrected chi connectivity index (χ0v) is 15.9. The monoisotopic (exact) mass is 418 g/mol. The number of fused-ring (bicyclic) bond motifs is 1. The third-order valence-electron chi connectivity index (χ3n) is 4.58. The van der Waals surface area contributed by atoms with Crippen LogP contribution in [0.4, 0.5) is 13.2 Å². The van der Waals surface area contributed by atoms with E-state index >= 15 is 0 Å². The first kappa shape index (κ1) is 21.5. The van der Waals surface area contributed by atoms with Crippen molar-refractivity contribution < 1.29 is 13.2 Å². The number of aromatic nitrogens is 3. The lowest BCUT2D eigenvalue weighted by molar-refractivity contribution is -0.137. The lowest BCUT2D eigenvalue weighted by Gasteiger charge is -2.22. The summed E-state index contributed by atoms with van der Waals surface area (Å²) in [4.78, 5) is 8.90. The van der Waals surface area contributed by atoms with Crippen LogP contribution in [0.1, 0.15) is 30.0 Å². The predicted molar refractivity (Wildman–Crippen MR) is 103 cm³/mol. The third-order valence-corrected chi connectivity index (χ3v) is 4.58. The van der Waals surface area contributed by atoms with Gasteiger partial charge in [0.1, 0.15) is 5.65 Å². The van der Waals surface area contributed by atoms with Crippen molar-refractivity contribution in [2.45, 2.75) is 24.9 Å². The molecule has 1 unspecified atom stereocenters. The SMILES string of the molecule is Cl.Cl.FC(F)(F)c1ccc2ncc(-c3cccc(C4CCCNC4)n3)n2c1. The maximum absolute atomic E-state index is 13.0. The van der Waals surface area contributed by atoms with E-state index in [-0.39, 0.29) is 24.8 Å². The smallest absolute Gasteiger partial charge is 0.316 e. The van der Waals surface area contributed by atoms with Crippen LogP contribution in [0.3, 0.4) is 0 Å². The van der Waals surface area contributed by atoms with Gasteiger partial charge in [0.05, 0.1) is 23.1 Å². The zero-order valence-electron chi connectivity index (χ0n) is 14.2. The molecule has 0 radical (unpaired) electrons. The summed E-state index contributed by atoms with van der Waals surface area (Å²) in [5, 5.41) is 3.36. The maximum Gasteiger partial charge on any atom is 0.417 e. The largest absolute Gasteiger partial charge is 0.417 e. The van der Waals surface area contributed by atoms with Gasteiger partial charge < -0.3 is 5.32 Å². The standard InChI is InChI=1S/C18H17F3N4.2ClH/c19-18(20,21)13-6-7-17-23-10-16(25(17)11-13)15-5-1-4-14(24-15)12-3-2-8-22-9-12;;/h1,4-7,10-12,22H,2-3,8-9H2;2*1H. The Balaban J connectivity index is 0.00000131. The highest BCUT2D eigenvalue weighted by atomic mass is 35.5. The maximum atomic E-state index is 13.0. The van der Waals surface area contributed by atoms with Gasteiger partial charge in [-0.2, -0.15) is 13.2 Å². The Morgan fingerprint density at radius 1 is 1.11 bits per heavy atom. The highest BCUT2D eigenvalue weighted by Crippen LogP contribution is 2.31. The molecule has 1 N–H and O–H groups in total. The van der Waals surface area contributed by atoms with Crippen LogP contribution < -0.4 is 5.32 Å². The first-order valence-electron chi connectivity index (χ1n) is 8.25. The van der Waals surface area contributed by atoms with Crippen molar-refractivity contribution in [3.8, 4) is 11.4 Å². The van der Waals surface area contributed by atoms with Crippen molar-refractivity contribution in [3.05, 3.63) is 54.0 Å². The first-order chi connectivity index (χ1) is 12.0. The molecule has 4 heterocycles. The summed E-state index contributed by atoms with van der Waals surface area (Å²) in [6.07, 6.45) is 0.420. The van der Waals surface area contributed by atoms with E-state index in [1.54, 1.807) is 6.20 Å². The molecule has 4 nitrogen and oxygen atoms in total. The quantitative estimate of drug-likeness (QED) is 0.654. The second-order valence-electron chi connectivity index (χ2n) is 6.28. The van der Waals surface area contributed by atoms with Gasteiger partial charge in [-0.3, -0.25) is 9.38 Å². The Morgan fingerprint density at radius 3 is 2.63 bits per heavy atom. The summed E-state index contributed by atoms with van der Waals surface area (Å²) in [6.45, 7) is 1.89. The van der Waals surface area contributed by atoms with E-state index in [2.05, 4.69) is 10.3 Å². The van der Waals surface area contributed by atoms with Gasteiger partial charge in [0.2, 0.25) is 0 Å². The van der Waals surface area contributed by atoms with Gasteiger partial charge >= 0.3 is 6.18 Å². The lowest BCUT2D eigenvalue weighted by atomic mass is 9.95. The van der Waals surface area contributed by atoms with Crippen molar-refractivity contribution in [3.63, 3.8) is 0 Å². The summed E-state index contributed by atoms with van der Waals surface area (Å²) in [6, 6.07) is 8.11. The fraction of sp³-hybridized carbons (Fsp3) is 0.333. The molecule has 1 aliphatic rings. The molecule has 9 heteroatoms. The van der Waals surface area contributed by atoms with Gasteiger partial charge in [0.15, 0.2) is 0 Å². The van der Waals surface area contributed by atoms with Gasteiger partial charge in [-0.25, -0.2) is 4.98 Å². The van der Waals surface area contributed by atoms with Gasteiger partial charge in [-0.05, 0) is 43.7 Å². The molecule has 0 saturated carbocycles. The van der Waals surface area contributed by atoms with Gasteiger partial charge in [0.25, 0.3) is 0 Å². The van der Waals surface area contributed by atoms with E-state index in [0.29, 0.717) is 23.0 Å². The number of alkyl halides is 3. The molecule has 3 aromatic rings. The number of hydrogen-bond donors (Lipinski definition) is 1. The van der Waals surface area contributed by atoms with E-state index in [1.165, 1.54) is 10.5 Å². The van der Waals surface area contributed by atoms with Crippen molar-refractivity contribution >= 4 is 30.5 Å². The Kier molecular flexibility index (Phi) is 6.72. The van der Waals surface area contributed by atoms with Crippen LogP contribution >= 0.6 is 24.8 Å². The molecule has 1 saturated heterocycles. The minimum atomic E-state index is -4.39. The molecule has 0 aliphatic carbocycles. The molecular formula is C18H19Cl2F3N4. The summed E-state index contributed by atoms with van der Waals surface area (Å²) in [5.41, 5.74) is 1.93. The number of imidazole rings is 1. The Bertz CT molecular complexity index is 905. The number of halogens is 5. The summed E-state index contributed by atoms with van der Waals surface area (Å²) >= 11 is 0. The summed E-state index contributed by atoms with van der Waals surface area (Å²) < 4.78 is 40.5. The number of pyridine rings is 2. The molecule has 1 atom stereocenters. The van der Waals surface area contributed by atoms with E-state index in [1.807, 2.05) is 18.2 Å². The average Bonchev–Trinajstić information content (AvgIpc) is 3.05. The molecule has 1 aliphatic heterocycles. The second kappa shape index (κ2) is 8.46. The Labute approximate surface area is 167 Å². The third kappa shape index (κ3) is 4.36. The fourth-order valence-electron chi connectivity index (χ4n) is 3.26. The minimum absolute atomic E-state index is 0. The van der Waals surface area contributed by atoms with E-state index in [0.717, 1.165) is 43.9 Å². The average molecular weight is 419 g/mol. The molecule has 0 spiro atoms. The molecule has 0 amide bonds. The number of piperidine rings is 1. The molecule has 146 valence electrons. The number of nitrogens with zero attached hydrogens (tertiary/aromatic N) is 3. The molecule has 0 bridgehead atoms. The number of rotatable bonds is 2. The summed E-state index contributed by atoms with van der Waals surface area (Å²) in [5.74, 6) is 0.332. The van der Waals surface area contributed by atoms with Crippen LogP contribution in [0.15, 0.2) is 42.7 Å². The molecule has 1 fully saturated rings. The number of hydrogen-bond acceptors (Lipinski definition) is 3. The molecular weight excluding hydrogens is 400 g/mol. The highest BCUT2D eigenvalue weighted by Gasteiger charge is 2.31. The normalized spacial score (nSPS) is 17.2. The van der Waals surface area contributed by atoms with Crippen LogP contribution in [-0.2, 0) is 6.18 Å². The van der Waals surface area contributed by atoms with Crippen molar-refractivity contribution in [2.75, 3.05) is 13.1 Å². The second-order valence-corrected chi connectivity index (χ2v) is 6.28. The Hall–Kier alpha value is -1.83. The summed E-state index contributed by atoms with van der Waals surface area (Å²) in [7, 11) is 0. The van der Waals surface area contributed by atoms with E-state index < -0.39 is 11.7 Å². The van der Waals surface area contributed by atoms with Crippen molar-refractivity contribution in [2.24, 2.45) is 0 Å². The lowest BCUT2D eigenvalue weighted by Crippen LogP contribution is -2.28. The topological polar surface area (TPSA) is 42.2 Å². The fourth-order valence-corrected chi connectivity index (χ4v) is 3.26. The van der Waals surface area contributed by atoms with Gasteiger partial charge in [-0.1, -0.05) is 6.07 Å². The minimum Gasteiger partial charge on any atom is -0.316 e. The van der Waals surface area contributed by atoms with E-state index in [9.17, 15) is 13.2 Å². The van der Waals surface area contributed by atoms with Gasteiger partial charge in [0, 0.05) is 24.4 Å². The number of nitrogens with one attached hydrogen (secondary N) is 1. The van der Waals surface area contributed by atoms with Crippen LogP contribution in [0, 0.1) is 0 Å². The molecule has 4 rings (SSSR count). The van der Waals surface area contributed by atoms with E-state index in [4.69, 9.17) is 4.98 Å². The zero-order chi connectivity index (χ0) is 17.4. The first-order valence-corrected chi connectivity index (χ1v) is 8.25. The van der Waals surface area contributed by atoms with Crippen molar-refractivity contribution in [1.29, 1.82) is 0 Å². The molecule has 0 aromatic carbocycles. The predicted octanol–water partition coefficient (Wildman–Crippen LogP) is 4.73. The van der Waals surface area contributed by atoms with Gasteiger partial charge in [-0.15, -0.1) is 24.8 Å². The van der Waals surface area contributed by atoms with Crippen molar-refractivity contribution in [1.82, 2.24) is 19.7 Å². The van der Waals surface area contributed by atoms with Crippen LogP contribution in [0.25, 0.3) is 17.0 Å². The Morgan fingerprint density at radius 2 is 1.93 bits per heavy atom. The van der Waals surface area contributed by atoms with Crippen LogP contribution in [-0.4, -0.2) is 27.5 Å².